The summed E-state index contributed by atoms with van der Waals surface area (Å²) in [6.07, 6.45) is 8.00. The molecule has 3 heterocycles. The van der Waals surface area contributed by atoms with E-state index in [0.29, 0.717) is 28.4 Å². The highest BCUT2D eigenvalue weighted by Crippen LogP contribution is 2.33. The zero-order valence-corrected chi connectivity index (χ0v) is 19.0. The monoisotopic (exact) mass is 451 g/mol. The summed E-state index contributed by atoms with van der Waals surface area (Å²) >= 11 is 1.40. The Kier molecular flexibility index (Phi) is 5.69. The molecule has 32 heavy (non-hydrogen) atoms. The fraction of sp³-hybridized carbons (Fsp3) is 0.409. The van der Waals surface area contributed by atoms with Gasteiger partial charge in [0.1, 0.15) is 5.76 Å². The van der Waals surface area contributed by atoms with E-state index in [1.165, 1.54) is 48.5 Å². The normalized spacial score (nSPS) is 14.8. The molecule has 0 radical (unpaired) electrons. The molecular formula is C22H25N7O2S. The molecular weight excluding hydrogens is 426 g/mol. The first kappa shape index (κ1) is 20.7. The van der Waals surface area contributed by atoms with E-state index < -0.39 is 0 Å². The van der Waals surface area contributed by atoms with Crippen molar-refractivity contribution < 1.29 is 4.42 Å². The molecule has 166 valence electrons. The van der Waals surface area contributed by atoms with Crippen molar-refractivity contribution in [2.24, 2.45) is 7.05 Å². The maximum Gasteiger partial charge on any atom is 0.297 e. The second-order valence-electron chi connectivity index (χ2n) is 8.06. The van der Waals surface area contributed by atoms with Crippen molar-refractivity contribution in [3.63, 3.8) is 0 Å². The third kappa shape index (κ3) is 3.79. The van der Waals surface area contributed by atoms with Gasteiger partial charge in [-0.25, -0.2) is 9.67 Å². The first-order chi connectivity index (χ1) is 15.6. The third-order valence-corrected chi connectivity index (χ3v) is 6.98. The van der Waals surface area contributed by atoms with Crippen LogP contribution in [0.4, 0.5) is 0 Å². The fourth-order valence-corrected chi connectivity index (χ4v) is 5.03. The number of para-hydroxylation sites is 1. The van der Waals surface area contributed by atoms with Crippen LogP contribution >= 0.6 is 11.8 Å². The average Bonchev–Trinajstić information content (AvgIpc) is 3.53. The van der Waals surface area contributed by atoms with Crippen LogP contribution in [0, 0.1) is 6.92 Å². The Morgan fingerprint density at radius 3 is 2.72 bits per heavy atom. The van der Waals surface area contributed by atoms with Crippen LogP contribution in [0.1, 0.15) is 55.4 Å². The van der Waals surface area contributed by atoms with Gasteiger partial charge in [-0.1, -0.05) is 49.2 Å². The summed E-state index contributed by atoms with van der Waals surface area (Å²) in [5.41, 5.74) is 1.80. The predicted molar refractivity (Wildman–Crippen MR) is 120 cm³/mol. The molecule has 1 fully saturated rings. The number of aromatic nitrogens is 7. The molecule has 0 N–H and O–H groups in total. The second-order valence-corrected chi connectivity index (χ2v) is 9.01. The lowest BCUT2D eigenvalue weighted by molar-refractivity contribution is 0.364. The van der Waals surface area contributed by atoms with Crippen LogP contribution in [0.2, 0.25) is 0 Å². The number of rotatable bonds is 6. The van der Waals surface area contributed by atoms with E-state index in [2.05, 4.69) is 20.5 Å². The highest BCUT2D eigenvalue weighted by Gasteiger charge is 2.23. The minimum atomic E-state index is -0.180. The summed E-state index contributed by atoms with van der Waals surface area (Å²) in [6.45, 7) is 1.89. The van der Waals surface area contributed by atoms with E-state index >= 15 is 0 Å². The number of oxazole rings is 1. The van der Waals surface area contributed by atoms with Gasteiger partial charge in [0.05, 0.1) is 23.3 Å². The van der Waals surface area contributed by atoms with Crippen LogP contribution < -0.4 is 5.56 Å². The highest BCUT2D eigenvalue weighted by atomic mass is 32.2. The Morgan fingerprint density at radius 1 is 1.16 bits per heavy atom. The highest BCUT2D eigenvalue weighted by molar-refractivity contribution is 7.98. The predicted octanol–water partition coefficient (Wildman–Crippen LogP) is 3.79. The van der Waals surface area contributed by atoms with Gasteiger partial charge in [0.25, 0.3) is 5.56 Å². The maximum atomic E-state index is 13.3. The number of benzene rings is 1. The minimum absolute atomic E-state index is 0.180. The largest absolute Gasteiger partial charge is 0.445 e. The lowest BCUT2D eigenvalue weighted by Crippen LogP contribution is -2.22. The van der Waals surface area contributed by atoms with Gasteiger partial charge in [0.15, 0.2) is 5.69 Å². The molecule has 1 aliphatic rings. The van der Waals surface area contributed by atoms with Crippen molar-refractivity contribution in [3.05, 3.63) is 64.2 Å². The average molecular weight is 452 g/mol. The molecule has 5 rings (SSSR count). The molecule has 0 spiro atoms. The maximum absolute atomic E-state index is 13.3. The number of thioether (sulfide) groups is 1. The first-order valence-electron chi connectivity index (χ1n) is 10.8. The second kappa shape index (κ2) is 8.78. The molecule has 9 nitrogen and oxygen atoms in total. The number of nitrogens with zero attached hydrogens (tertiary/aromatic N) is 7. The van der Waals surface area contributed by atoms with Crippen LogP contribution in [0.25, 0.3) is 11.4 Å². The Morgan fingerprint density at radius 2 is 1.94 bits per heavy atom. The molecule has 1 aromatic carbocycles. The van der Waals surface area contributed by atoms with Crippen LogP contribution in [-0.4, -0.2) is 34.6 Å². The molecule has 4 aromatic rings. The Bertz CT molecular complexity index is 1270. The Hall–Kier alpha value is -3.14. The Balaban J connectivity index is 1.39. The van der Waals surface area contributed by atoms with Gasteiger partial charge in [-0.15, -0.1) is 5.10 Å². The first-order valence-corrected chi connectivity index (χ1v) is 11.8. The molecule has 1 saturated carbocycles. The zero-order valence-electron chi connectivity index (χ0n) is 18.1. The van der Waals surface area contributed by atoms with E-state index in [1.807, 2.05) is 55.2 Å². The van der Waals surface area contributed by atoms with Crippen LogP contribution in [0.15, 0.2) is 50.9 Å². The van der Waals surface area contributed by atoms with E-state index in [1.54, 1.807) is 4.68 Å². The molecule has 3 aromatic heterocycles. The van der Waals surface area contributed by atoms with Crippen molar-refractivity contribution in [1.82, 2.24) is 34.6 Å². The van der Waals surface area contributed by atoms with E-state index in [-0.39, 0.29) is 5.56 Å². The van der Waals surface area contributed by atoms with Crippen LogP contribution in [0.5, 0.6) is 0 Å². The van der Waals surface area contributed by atoms with E-state index in [0.717, 1.165) is 17.1 Å². The molecule has 0 unspecified atom stereocenters. The zero-order chi connectivity index (χ0) is 22.1. The standard InChI is InChI=1S/C22H25N7O2S/c1-15-20(21(30)29(27(15)2)17-11-7-4-8-12-17)28-22(24-25-26-28)32-14-19-23-13-18(31-19)16-9-5-3-6-10-16/h4,7-8,11-13,16H,3,5-6,9-10,14H2,1-2H3. The number of hydrogen-bond donors (Lipinski definition) is 0. The molecule has 0 atom stereocenters. The van der Waals surface area contributed by atoms with Crippen molar-refractivity contribution in [2.75, 3.05) is 0 Å². The van der Waals surface area contributed by atoms with Crippen LogP contribution in [0.3, 0.4) is 0 Å². The minimum Gasteiger partial charge on any atom is -0.445 e. The Labute approximate surface area is 189 Å². The van der Waals surface area contributed by atoms with Crippen molar-refractivity contribution >= 4 is 11.8 Å². The van der Waals surface area contributed by atoms with Crippen molar-refractivity contribution in [3.8, 4) is 11.4 Å². The lowest BCUT2D eigenvalue weighted by Gasteiger charge is -2.18. The summed E-state index contributed by atoms with van der Waals surface area (Å²) in [5, 5.41) is 12.6. The van der Waals surface area contributed by atoms with Gasteiger partial charge in [-0.05, 0) is 42.3 Å². The topological polar surface area (TPSA) is 96.6 Å². The van der Waals surface area contributed by atoms with Gasteiger partial charge in [0.2, 0.25) is 11.0 Å². The number of hydrogen-bond acceptors (Lipinski definition) is 7. The summed E-state index contributed by atoms with van der Waals surface area (Å²) in [4.78, 5) is 17.8. The molecule has 0 amide bonds. The molecule has 1 aliphatic carbocycles. The summed E-state index contributed by atoms with van der Waals surface area (Å²) < 4.78 is 11.0. The van der Waals surface area contributed by atoms with Crippen LogP contribution in [-0.2, 0) is 12.8 Å². The fourth-order valence-electron chi connectivity index (χ4n) is 4.30. The molecule has 0 bridgehead atoms. The van der Waals surface area contributed by atoms with Gasteiger partial charge < -0.3 is 4.42 Å². The summed E-state index contributed by atoms with van der Waals surface area (Å²) in [6, 6.07) is 9.52. The van der Waals surface area contributed by atoms with E-state index in [9.17, 15) is 4.79 Å². The van der Waals surface area contributed by atoms with Crippen molar-refractivity contribution in [2.45, 2.75) is 55.9 Å². The summed E-state index contributed by atoms with van der Waals surface area (Å²) in [7, 11) is 1.85. The third-order valence-electron chi connectivity index (χ3n) is 6.08. The van der Waals surface area contributed by atoms with Gasteiger partial charge >= 0.3 is 0 Å². The van der Waals surface area contributed by atoms with Gasteiger partial charge in [-0.2, -0.15) is 4.68 Å². The SMILES string of the molecule is Cc1c(-n2nnnc2SCc2ncc(C3CCCCC3)o2)c(=O)n(-c2ccccc2)n1C. The quantitative estimate of drug-likeness (QED) is 0.412. The molecule has 0 aliphatic heterocycles. The van der Waals surface area contributed by atoms with E-state index in [4.69, 9.17) is 4.42 Å². The molecule has 10 heteroatoms. The summed E-state index contributed by atoms with van der Waals surface area (Å²) in [5.74, 6) is 2.59. The van der Waals surface area contributed by atoms with Gasteiger partial charge in [-0.3, -0.25) is 9.48 Å². The molecule has 0 saturated heterocycles. The smallest absolute Gasteiger partial charge is 0.297 e. The van der Waals surface area contributed by atoms with Gasteiger partial charge in [0, 0.05) is 13.0 Å². The number of tetrazole rings is 1. The van der Waals surface area contributed by atoms with Crippen molar-refractivity contribution in [1.29, 1.82) is 0 Å². The lowest BCUT2D eigenvalue weighted by atomic mass is 9.88.